The molecule has 0 unspecified atom stereocenters. The summed E-state index contributed by atoms with van der Waals surface area (Å²) < 4.78 is 25.0. The van der Waals surface area contributed by atoms with Crippen molar-refractivity contribution in [3.63, 3.8) is 0 Å². The predicted octanol–water partition coefficient (Wildman–Crippen LogP) is 12.3. The number of hydrogen-bond acceptors (Lipinski definition) is 5. The molecule has 3 aromatic rings. The summed E-state index contributed by atoms with van der Waals surface area (Å²) in [5.41, 5.74) is 3.70. The van der Waals surface area contributed by atoms with Crippen LogP contribution in [0.3, 0.4) is 0 Å². The average Bonchev–Trinajstić information content (AvgIpc) is 3.08. The summed E-state index contributed by atoms with van der Waals surface area (Å²) in [6, 6.07) is 18.6. The van der Waals surface area contributed by atoms with Gasteiger partial charge >= 0.3 is 0 Å². The molecule has 0 aliphatic carbocycles. The molecule has 1 aromatic heterocycles. The quantitative estimate of drug-likeness (QED) is 0.0825. The van der Waals surface area contributed by atoms with E-state index < -0.39 is 0 Å². The van der Waals surface area contributed by atoms with E-state index in [0.717, 1.165) is 84.4 Å². The van der Waals surface area contributed by atoms with Crippen molar-refractivity contribution in [1.29, 1.82) is 0 Å². The Kier molecular flexibility index (Phi) is 18.8. The first-order valence-electron chi connectivity index (χ1n) is 18.5. The van der Waals surface area contributed by atoms with Gasteiger partial charge in [-0.25, -0.2) is 4.98 Å². The maximum atomic E-state index is 6.39. The van der Waals surface area contributed by atoms with E-state index >= 15 is 0 Å². The summed E-state index contributed by atoms with van der Waals surface area (Å²) in [7, 11) is 0. The second-order valence-corrected chi connectivity index (χ2v) is 12.4. The van der Waals surface area contributed by atoms with Crippen LogP contribution in [0, 0.1) is 0 Å². The molecule has 1 heterocycles. The van der Waals surface area contributed by atoms with Crippen LogP contribution in [0.5, 0.6) is 23.0 Å². The normalized spacial score (nSPS) is 11.0. The van der Waals surface area contributed by atoms with Gasteiger partial charge in [-0.3, -0.25) is 0 Å². The monoisotopic (exact) mass is 631 g/mol. The molecule has 0 saturated carbocycles. The minimum atomic E-state index is 0.683. The van der Waals surface area contributed by atoms with Crippen LogP contribution in [-0.2, 0) is 0 Å². The van der Waals surface area contributed by atoms with Gasteiger partial charge in [0.1, 0.15) is 23.0 Å². The van der Waals surface area contributed by atoms with Crippen LogP contribution in [0.2, 0.25) is 0 Å². The van der Waals surface area contributed by atoms with E-state index in [-0.39, 0.29) is 0 Å². The lowest BCUT2D eigenvalue weighted by Gasteiger charge is -2.16. The van der Waals surface area contributed by atoms with E-state index in [1.165, 1.54) is 77.0 Å². The van der Waals surface area contributed by atoms with Crippen LogP contribution >= 0.6 is 0 Å². The highest BCUT2D eigenvalue weighted by Gasteiger charge is 2.15. The standard InChI is InChI=1S/C41H61NO4/c1-5-9-13-17-28-43-34-24-26-36(40(32-34)45-30-19-15-11-7-3)38-22-21-23-39(42-38)37-27-25-35(44-29-18-14-10-6-2)33-41(37)46-31-20-16-12-8-4/h21-27,32-33H,5-20,28-31H2,1-4H3. The number of hydrogen-bond donors (Lipinski definition) is 0. The maximum absolute atomic E-state index is 6.39. The Morgan fingerprint density at radius 3 is 1.15 bits per heavy atom. The zero-order valence-electron chi connectivity index (χ0n) is 29.4. The number of nitrogens with zero attached hydrogens (tertiary/aromatic N) is 1. The van der Waals surface area contributed by atoms with Gasteiger partial charge in [-0.05, 0) is 62.1 Å². The third-order valence-electron chi connectivity index (χ3n) is 8.25. The second kappa shape index (κ2) is 23.2. The summed E-state index contributed by atoms with van der Waals surface area (Å²) in [5, 5.41) is 0. The molecule has 0 fully saturated rings. The number of aromatic nitrogens is 1. The molecule has 0 radical (unpaired) electrons. The van der Waals surface area contributed by atoms with E-state index in [2.05, 4.69) is 58.0 Å². The van der Waals surface area contributed by atoms with Crippen LogP contribution < -0.4 is 18.9 Å². The lowest BCUT2D eigenvalue weighted by atomic mass is 10.1. The van der Waals surface area contributed by atoms with E-state index in [9.17, 15) is 0 Å². The minimum absolute atomic E-state index is 0.683. The Bertz CT molecular complexity index is 1140. The summed E-state index contributed by atoms with van der Waals surface area (Å²) in [5.74, 6) is 3.35. The van der Waals surface area contributed by atoms with Crippen LogP contribution in [0.4, 0.5) is 0 Å². The summed E-state index contributed by atoms with van der Waals surface area (Å²) in [6.07, 6.45) is 18.8. The van der Waals surface area contributed by atoms with Gasteiger partial charge in [0.05, 0.1) is 37.8 Å². The average molecular weight is 632 g/mol. The molecule has 0 amide bonds. The van der Waals surface area contributed by atoms with Gasteiger partial charge in [0.25, 0.3) is 0 Å². The van der Waals surface area contributed by atoms with Crippen LogP contribution in [-0.4, -0.2) is 31.4 Å². The summed E-state index contributed by atoms with van der Waals surface area (Å²) >= 11 is 0. The van der Waals surface area contributed by atoms with E-state index in [4.69, 9.17) is 23.9 Å². The highest BCUT2D eigenvalue weighted by atomic mass is 16.5. The van der Waals surface area contributed by atoms with Crippen molar-refractivity contribution >= 4 is 0 Å². The van der Waals surface area contributed by atoms with Crippen molar-refractivity contribution in [2.75, 3.05) is 26.4 Å². The van der Waals surface area contributed by atoms with Crippen molar-refractivity contribution in [3.8, 4) is 45.5 Å². The first-order chi connectivity index (χ1) is 22.7. The molecule has 46 heavy (non-hydrogen) atoms. The van der Waals surface area contributed by atoms with Crippen molar-refractivity contribution in [2.45, 2.75) is 130 Å². The van der Waals surface area contributed by atoms with Gasteiger partial charge in [-0.1, -0.05) is 111 Å². The van der Waals surface area contributed by atoms with E-state index in [1.807, 2.05) is 24.3 Å². The molecule has 254 valence electrons. The Hall–Kier alpha value is -3.21. The molecular formula is C41H61NO4. The van der Waals surface area contributed by atoms with Crippen molar-refractivity contribution in [3.05, 3.63) is 54.6 Å². The van der Waals surface area contributed by atoms with Gasteiger partial charge < -0.3 is 18.9 Å². The van der Waals surface area contributed by atoms with Crippen LogP contribution in [0.25, 0.3) is 22.5 Å². The first kappa shape index (κ1) is 37.2. The fourth-order valence-corrected chi connectivity index (χ4v) is 5.44. The molecule has 2 aromatic carbocycles. The smallest absolute Gasteiger partial charge is 0.132 e. The largest absolute Gasteiger partial charge is 0.493 e. The number of rotatable bonds is 26. The summed E-state index contributed by atoms with van der Waals surface area (Å²) in [4.78, 5) is 5.16. The highest BCUT2D eigenvalue weighted by molar-refractivity contribution is 5.74. The fourth-order valence-electron chi connectivity index (χ4n) is 5.44. The zero-order chi connectivity index (χ0) is 32.7. The molecule has 0 bridgehead atoms. The molecule has 0 spiro atoms. The van der Waals surface area contributed by atoms with Crippen molar-refractivity contribution in [2.24, 2.45) is 0 Å². The Balaban J connectivity index is 1.84. The van der Waals surface area contributed by atoms with Gasteiger partial charge in [0, 0.05) is 23.3 Å². The number of benzene rings is 2. The first-order valence-corrected chi connectivity index (χ1v) is 18.5. The third-order valence-corrected chi connectivity index (χ3v) is 8.25. The second-order valence-electron chi connectivity index (χ2n) is 12.4. The van der Waals surface area contributed by atoms with Crippen LogP contribution in [0.15, 0.2) is 54.6 Å². The maximum Gasteiger partial charge on any atom is 0.132 e. The van der Waals surface area contributed by atoms with Crippen molar-refractivity contribution in [1.82, 2.24) is 4.98 Å². The number of unbranched alkanes of at least 4 members (excludes halogenated alkanes) is 12. The molecule has 0 N–H and O–H groups in total. The Morgan fingerprint density at radius 1 is 0.413 bits per heavy atom. The van der Waals surface area contributed by atoms with Crippen molar-refractivity contribution < 1.29 is 18.9 Å². The molecule has 5 nitrogen and oxygen atoms in total. The minimum Gasteiger partial charge on any atom is -0.493 e. The molecule has 0 atom stereocenters. The predicted molar refractivity (Wildman–Crippen MR) is 194 cm³/mol. The molecule has 0 saturated heterocycles. The fraction of sp³-hybridized carbons (Fsp3) is 0.585. The molecular weight excluding hydrogens is 570 g/mol. The molecule has 0 aliphatic heterocycles. The SMILES string of the molecule is CCCCCCOc1ccc(-c2cccc(-c3ccc(OCCCCCC)cc3OCCCCCC)n2)c(OCCCCCC)c1. The Morgan fingerprint density at radius 2 is 0.783 bits per heavy atom. The molecule has 0 aliphatic rings. The highest BCUT2D eigenvalue weighted by Crippen LogP contribution is 2.37. The lowest BCUT2D eigenvalue weighted by molar-refractivity contribution is 0.291. The van der Waals surface area contributed by atoms with Gasteiger partial charge in [-0.2, -0.15) is 0 Å². The zero-order valence-corrected chi connectivity index (χ0v) is 29.4. The lowest BCUT2D eigenvalue weighted by Crippen LogP contribution is -2.03. The third kappa shape index (κ3) is 13.6. The number of ether oxygens (including phenoxy) is 4. The van der Waals surface area contributed by atoms with Gasteiger partial charge in [0.15, 0.2) is 0 Å². The number of pyridine rings is 1. The Labute approximate surface area is 280 Å². The molecule has 3 rings (SSSR count). The van der Waals surface area contributed by atoms with E-state index in [0.29, 0.717) is 13.2 Å². The van der Waals surface area contributed by atoms with Gasteiger partial charge in [-0.15, -0.1) is 0 Å². The molecule has 5 heteroatoms. The topological polar surface area (TPSA) is 49.8 Å². The van der Waals surface area contributed by atoms with Gasteiger partial charge in [0.2, 0.25) is 0 Å². The van der Waals surface area contributed by atoms with Crippen LogP contribution in [0.1, 0.15) is 130 Å². The summed E-state index contributed by atoms with van der Waals surface area (Å²) in [6.45, 7) is 11.7. The van der Waals surface area contributed by atoms with E-state index in [1.54, 1.807) is 0 Å².